The number of aryl methyl sites for hydroxylation is 2. The molecule has 15 heavy (non-hydrogen) atoms. The lowest BCUT2D eigenvalue weighted by atomic mass is 10.1. The van der Waals surface area contributed by atoms with E-state index in [2.05, 4.69) is 11.1 Å². The molecule has 1 unspecified atom stereocenters. The number of nitrogens with zero attached hydrogens (tertiary/aromatic N) is 2. The van der Waals surface area contributed by atoms with Crippen molar-refractivity contribution in [2.45, 2.75) is 26.7 Å². The van der Waals surface area contributed by atoms with Gasteiger partial charge in [0.1, 0.15) is 11.4 Å². The minimum Gasteiger partial charge on any atom is -0.439 e. The summed E-state index contributed by atoms with van der Waals surface area (Å²) in [5.74, 6) is 0.207. The topological polar surface area (TPSA) is 49.8 Å². The van der Waals surface area contributed by atoms with Gasteiger partial charge in [0.05, 0.1) is 6.07 Å². The van der Waals surface area contributed by atoms with Gasteiger partial charge in [0.15, 0.2) is 5.58 Å². The Bertz CT molecular complexity index is 548. The Kier molecular flexibility index (Phi) is 2.20. The van der Waals surface area contributed by atoms with Crippen LogP contribution in [0.5, 0.6) is 0 Å². The maximum atomic E-state index is 8.79. The Balaban J connectivity index is 2.66. The number of nitriles is 1. The molecular weight excluding hydrogens is 188 g/mol. The van der Waals surface area contributed by atoms with Crippen molar-refractivity contribution < 1.29 is 4.42 Å². The molecule has 76 valence electrons. The van der Waals surface area contributed by atoms with Gasteiger partial charge in [0, 0.05) is 0 Å². The van der Waals surface area contributed by atoms with Gasteiger partial charge in [-0.2, -0.15) is 5.26 Å². The van der Waals surface area contributed by atoms with E-state index in [0.717, 1.165) is 22.2 Å². The predicted molar refractivity (Wildman–Crippen MR) is 57.5 cm³/mol. The maximum absolute atomic E-state index is 8.79. The Labute approximate surface area is 88.3 Å². The summed E-state index contributed by atoms with van der Waals surface area (Å²) in [6.45, 7) is 5.79. The van der Waals surface area contributed by atoms with E-state index in [-0.39, 0.29) is 5.92 Å². The highest BCUT2D eigenvalue weighted by Gasteiger charge is 2.13. The fraction of sp³-hybridized carbons (Fsp3) is 0.333. The van der Waals surface area contributed by atoms with Crippen LogP contribution < -0.4 is 0 Å². The molecule has 0 N–H and O–H groups in total. The van der Waals surface area contributed by atoms with E-state index in [1.807, 2.05) is 26.0 Å². The minimum absolute atomic E-state index is 0.294. The van der Waals surface area contributed by atoms with Crippen molar-refractivity contribution in [1.29, 1.82) is 5.26 Å². The highest BCUT2D eigenvalue weighted by Crippen LogP contribution is 2.24. The van der Waals surface area contributed by atoms with Crippen LogP contribution in [0.1, 0.15) is 29.9 Å². The first kappa shape index (κ1) is 9.72. The highest BCUT2D eigenvalue weighted by molar-refractivity contribution is 5.77. The summed E-state index contributed by atoms with van der Waals surface area (Å²) >= 11 is 0. The molecule has 0 aliphatic rings. The number of aromatic nitrogens is 1. The first-order valence-electron chi connectivity index (χ1n) is 4.89. The first-order valence-corrected chi connectivity index (χ1v) is 4.89. The predicted octanol–water partition coefficient (Wildman–Crippen LogP) is 3.07. The van der Waals surface area contributed by atoms with Crippen molar-refractivity contribution in [1.82, 2.24) is 4.98 Å². The summed E-state index contributed by atoms with van der Waals surface area (Å²) in [7, 11) is 0. The second-order valence-electron chi connectivity index (χ2n) is 3.83. The van der Waals surface area contributed by atoms with E-state index in [1.54, 1.807) is 6.92 Å². The molecule has 1 heterocycles. The van der Waals surface area contributed by atoms with E-state index < -0.39 is 0 Å². The second kappa shape index (κ2) is 3.39. The molecule has 0 aliphatic carbocycles. The summed E-state index contributed by atoms with van der Waals surface area (Å²) < 4.78 is 5.57. The Morgan fingerprint density at radius 1 is 1.40 bits per heavy atom. The monoisotopic (exact) mass is 200 g/mol. The normalized spacial score (nSPS) is 12.7. The Morgan fingerprint density at radius 3 is 2.80 bits per heavy atom. The van der Waals surface area contributed by atoms with Crippen molar-refractivity contribution in [3.63, 3.8) is 0 Å². The van der Waals surface area contributed by atoms with Gasteiger partial charge in [-0.1, -0.05) is 6.07 Å². The summed E-state index contributed by atoms with van der Waals surface area (Å²) in [5.41, 5.74) is 3.85. The van der Waals surface area contributed by atoms with E-state index in [1.165, 1.54) is 0 Å². The molecule has 1 aromatic carbocycles. The van der Waals surface area contributed by atoms with Crippen LogP contribution in [0.3, 0.4) is 0 Å². The van der Waals surface area contributed by atoms with E-state index >= 15 is 0 Å². The molecule has 0 amide bonds. The Morgan fingerprint density at radius 2 is 2.13 bits per heavy atom. The van der Waals surface area contributed by atoms with E-state index in [0.29, 0.717) is 5.89 Å². The van der Waals surface area contributed by atoms with Crippen LogP contribution in [0.25, 0.3) is 11.1 Å². The fourth-order valence-electron chi connectivity index (χ4n) is 1.63. The second-order valence-corrected chi connectivity index (χ2v) is 3.83. The SMILES string of the molecule is Cc1cc(C)c2oc(C(C)C#N)nc2c1. The molecule has 2 rings (SSSR count). The number of fused-ring (bicyclic) bond motifs is 1. The number of hydrogen-bond acceptors (Lipinski definition) is 3. The summed E-state index contributed by atoms with van der Waals surface area (Å²) in [6, 6.07) is 6.14. The minimum atomic E-state index is -0.294. The number of oxazole rings is 1. The zero-order valence-electron chi connectivity index (χ0n) is 9.03. The van der Waals surface area contributed by atoms with Crippen LogP contribution >= 0.6 is 0 Å². The van der Waals surface area contributed by atoms with Crippen molar-refractivity contribution in [2.24, 2.45) is 0 Å². The highest BCUT2D eigenvalue weighted by atomic mass is 16.3. The molecule has 0 aliphatic heterocycles. The van der Waals surface area contributed by atoms with Gasteiger partial charge in [0.25, 0.3) is 0 Å². The van der Waals surface area contributed by atoms with Gasteiger partial charge >= 0.3 is 0 Å². The molecule has 0 fully saturated rings. The van der Waals surface area contributed by atoms with E-state index in [9.17, 15) is 0 Å². The third-order valence-corrected chi connectivity index (χ3v) is 2.40. The van der Waals surface area contributed by atoms with Crippen molar-refractivity contribution in [3.05, 3.63) is 29.2 Å². The number of rotatable bonds is 1. The molecule has 0 spiro atoms. The fourth-order valence-corrected chi connectivity index (χ4v) is 1.63. The van der Waals surface area contributed by atoms with Crippen molar-refractivity contribution in [2.75, 3.05) is 0 Å². The number of benzene rings is 1. The average molecular weight is 200 g/mol. The first-order chi connectivity index (χ1) is 7.11. The molecule has 0 saturated carbocycles. The third-order valence-electron chi connectivity index (χ3n) is 2.40. The lowest BCUT2D eigenvalue weighted by Crippen LogP contribution is -1.87. The summed E-state index contributed by atoms with van der Waals surface area (Å²) in [5, 5.41) is 8.79. The average Bonchev–Trinajstić information content (AvgIpc) is 2.60. The molecule has 0 bridgehead atoms. The standard InChI is InChI=1S/C12H12N2O/c1-7-4-8(2)11-10(5-7)14-12(15-11)9(3)6-13/h4-5,9H,1-3H3. The van der Waals surface area contributed by atoms with Gasteiger partial charge in [-0.05, 0) is 38.0 Å². The summed E-state index contributed by atoms with van der Waals surface area (Å²) in [6.07, 6.45) is 0. The molecule has 0 radical (unpaired) electrons. The van der Waals surface area contributed by atoms with Crippen LogP contribution in [0.2, 0.25) is 0 Å². The lowest BCUT2D eigenvalue weighted by Gasteiger charge is -1.95. The van der Waals surface area contributed by atoms with Gasteiger partial charge in [-0.15, -0.1) is 0 Å². The molecule has 2 aromatic rings. The van der Waals surface area contributed by atoms with Crippen LogP contribution in [-0.2, 0) is 0 Å². The van der Waals surface area contributed by atoms with Crippen LogP contribution in [0.15, 0.2) is 16.5 Å². The van der Waals surface area contributed by atoms with Crippen molar-refractivity contribution >= 4 is 11.1 Å². The quantitative estimate of drug-likeness (QED) is 0.710. The van der Waals surface area contributed by atoms with Crippen LogP contribution in [0, 0.1) is 25.2 Å². The van der Waals surface area contributed by atoms with E-state index in [4.69, 9.17) is 9.68 Å². The summed E-state index contributed by atoms with van der Waals surface area (Å²) in [4.78, 5) is 4.32. The zero-order valence-corrected chi connectivity index (χ0v) is 9.03. The molecule has 1 aromatic heterocycles. The maximum Gasteiger partial charge on any atom is 0.212 e. The molecule has 1 atom stereocenters. The smallest absolute Gasteiger partial charge is 0.212 e. The molecular formula is C12H12N2O. The Hall–Kier alpha value is -1.82. The molecule has 3 nitrogen and oxygen atoms in total. The number of hydrogen-bond donors (Lipinski definition) is 0. The van der Waals surface area contributed by atoms with Gasteiger partial charge < -0.3 is 4.42 Å². The third kappa shape index (κ3) is 1.59. The molecule has 3 heteroatoms. The lowest BCUT2D eigenvalue weighted by molar-refractivity contribution is 0.519. The zero-order chi connectivity index (χ0) is 11.0. The van der Waals surface area contributed by atoms with Crippen LogP contribution in [0.4, 0.5) is 0 Å². The van der Waals surface area contributed by atoms with Gasteiger partial charge in [0.2, 0.25) is 5.89 Å². The van der Waals surface area contributed by atoms with Gasteiger partial charge in [-0.3, -0.25) is 0 Å². The van der Waals surface area contributed by atoms with Crippen LogP contribution in [-0.4, -0.2) is 4.98 Å². The molecule has 0 saturated heterocycles. The van der Waals surface area contributed by atoms with Crippen molar-refractivity contribution in [3.8, 4) is 6.07 Å². The van der Waals surface area contributed by atoms with Gasteiger partial charge in [-0.25, -0.2) is 4.98 Å². The largest absolute Gasteiger partial charge is 0.439 e.